The van der Waals surface area contributed by atoms with Gasteiger partial charge in [0.1, 0.15) is 0 Å². The lowest BCUT2D eigenvalue weighted by Crippen LogP contribution is -2.45. The Morgan fingerprint density at radius 2 is 2.27 bits per heavy atom. The van der Waals surface area contributed by atoms with Crippen molar-refractivity contribution in [3.63, 3.8) is 0 Å². The van der Waals surface area contributed by atoms with E-state index in [2.05, 4.69) is 9.62 Å². The van der Waals surface area contributed by atoms with Crippen molar-refractivity contribution in [1.29, 1.82) is 0 Å². The van der Waals surface area contributed by atoms with E-state index in [9.17, 15) is 8.42 Å². The molecule has 0 spiro atoms. The fourth-order valence-electron chi connectivity index (χ4n) is 1.76. The smallest absolute Gasteiger partial charge is 0.211 e. The summed E-state index contributed by atoms with van der Waals surface area (Å²) in [5.41, 5.74) is 5.83. The van der Waals surface area contributed by atoms with E-state index in [-0.39, 0.29) is 11.8 Å². The van der Waals surface area contributed by atoms with E-state index in [1.807, 2.05) is 0 Å². The van der Waals surface area contributed by atoms with Gasteiger partial charge < -0.3 is 10.6 Å². The highest BCUT2D eigenvalue weighted by atomic mass is 32.2. The molecular formula is C9H21N3O2S. The summed E-state index contributed by atoms with van der Waals surface area (Å²) in [7, 11) is -3.04. The second kappa shape index (κ2) is 5.79. The maximum absolute atomic E-state index is 11.2. The Morgan fingerprint density at radius 3 is 2.87 bits per heavy atom. The maximum Gasteiger partial charge on any atom is 0.211 e. The van der Waals surface area contributed by atoms with Crippen molar-refractivity contribution in [2.75, 3.05) is 31.9 Å². The first-order chi connectivity index (χ1) is 7.03. The number of hydrogen-bond donors (Lipinski definition) is 2. The molecule has 0 radical (unpaired) electrons. The number of piperidine rings is 1. The van der Waals surface area contributed by atoms with E-state index in [1.54, 1.807) is 6.92 Å². The van der Waals surface area contributed by atoms with Crippen molar-refractivity contribution in [3.05, 3.63) is 0 Å². The number of hydrogen-bond acceptors (Lipinski definition) is 4. The van der Waals surface area contributed by atoms with Crippen molar-refractivity contribution < 1.29 is 8.42 Å². The van der Waals surface area contributed by atoms with Crippen LogP contribution in [0, 0.1) is 0 Å². The van der Waals surface area contributed by atoms with Crippen LogP contribution in [0.2, 0.25) is 0 Å². The van der Waals surface area contributed by atoms with Crippen molar-refractivity contribution in [2.24, 2.45) is 5.73 Å². The monoisotopic (exact) mass is 235 g/mol. The summed E-state index contributed by atoms with van der Waals surface area (Å²) in [6, 6.07) is 0.251. The van der Waals surface area contributed by atoms with Gasteiger partial charge in [-0.2, -0.15) is 0 Å². The van der Waals surface area contributed by atoms with E-state index in [4.69, 9.17) is 5.73 Å². The number of nitrogens with two attached hydrogens (primary N) is 1. The standard InChI is InChI=1S/C9H21N3O2S/c1-2-15(13,14)11-5-7-12-6-3-4-9(10)8-12/h9,11H,2-8,10H2,1H3/t9-/m1/s1. The molecule has 1 saturated heterocycles. The van der Waals surface area contributed by atoms with E-state index in [0.29, 0.717) is 6.54 Å². The summed E-state index contributed by atoms with van der Waals surface area (Å²) in [4.78, 5) is 2.21. The molecule has 6 heteroatoms. The summed E-state index contributed by atoms with van der Waals surface area (Å²) in [6.07, 6.45) is 2.19. The van der Waals surface area contributed by atoms with Crippen LogP contribution < -0.4 is 10.5 Å². The zero-order valence-corrected chi connectivity index (χ0v) is 10.1. The second-order valence-corrected chi connectivity index (χ2v) is 6.10. The predicted octanol–water partition coefficient (Wildman–Crippen LogP) is -0.651. The molecule has 90 valence electrons. The average molecular weight is 235 g/mol. The Kier molecular flexibility index (Phi) is 4.98. The van der Waals surface area contributed by atoms with E-state index in [0.717, 1.165) is 32.5 Å². The normalized spacial score (nSPS) is 24.3. The molecule has 1 aliphatic rings. The molecule has 0 amide bonds. The first kappa shape index (κ1) is 12.9. The Bertz CT molecular complexity index is 279. The topological polar surface area (TPSA) is 75.4 Å². The molecule has 1 atom stereocenters. The SMILES string of the molecule is CCS(=O)(=O)NCCN1CCC[C@@H](N)C1. The molecular weight excluding hydrogens is 214 g/mol. The number of likely N-dealkylation sites (tertiary alicyclic amines) is 1. The van der Waals surface area contributed by atoms with Crippen LogP contribution in [-0.2, 0) is 10.0 Å². The fourth-order valence-corrected chi connectivity index (χ4v) is 2.36. The zero-order valence-electron chi connectivity index (χ0n) is 9.28. The summed E-state index contributed by atoms with van der Waals surface area (Å²) in [6.45, 7) is 4.80. The van der Waals surface area contributed by atoms with E-state index in [1.165, 1.54) is 0 Å². The third-order valence-corrected chi connectivity index (χ3v) is 4.08. The minimum absolute atomic E-state index is 0.145. The van der Waals surface area contributed by atoms with Crippen LogP contribution in [0.25, 0.3) is 0 Å². The largest absolute Gasteiger partial charge is 0.327 e. The molecule has 1 rings (SSSR count). The van der Waals surface area contributed by atoms with Crippen LogP contribution in [0.1, 0.15) is 19.8 Å². The van der Waals surface area contributed by atoms with Gasteiger partial charge in [0.05, 0.1) is 5.75 Å². The number of nitrogens with one attached hydrogen (secondary N) is 1. The van der Waals surface area contributed by atoms with Crippen LogP contribution in [0.4, 0.5) is 0 Å². The average Bonchev–Trinajstić information content (AvgIpc) is 2.18. The minimum Gasteiger partial charge on any atom is -0.327 e. The molecule has 15 heavy (non-hydrogen) atoms. The Balaban J connectivity index is 2.20. The van der Waals surface area contributed by atoms with E-state index >= 15 is 0 Å². The van der Waals surface area contributed by atoms with Gasteiger partial charge in [-0.15, -0.1) is 0 Å². The first-order valence-corrected chi connectivity index (χ1v) is 7.14. The van der Waals surface area contributed by atoms with Crippen LogP contribution in [0.15, 0.2) is 0 Å². The molecule has 1 fully saturated rings. The Hall–Kier alpha value is -0.170. The molecule has 0 aromatic carbocycles. The third-order valence-electron chi connectivity index (χ3n) is 2.67. The van der Waals surface area contributed by atoms with Gasteiger partial charge in [-0.05, 0) is 26.3 Å². The molecule has 5 nitrogen and oxygen atoms in total. The number of nitrogens with zero attached hydrogens (tertiary/aromatic N) is 1. The van der Waals surface area contributed by atoms with Gasteiger partial charge in [-0.25, -0.2) is 13.1 Å². The Labute approximate surface area is 92.1 Å². The van der Waals surface area contributed by atoms with Crippen LogP contribution in [0.5, 0.6) is 0 Å². The molecule has 1 heterocycles. The minimum atomic E-state index is -3.04. The predicted molar refractivity (Wildman–Crippen MR) is 61.1 cm³/mol. The Morgan fingerprint density at radius 1 is 1.53 bits per heavy atom. The lowest BCUT2D eigenvalue weighted by molar-refractivity contribution is 0.212. The van der Waals surface area contributed by atoms with Gasteiger partial charge in [-0.3, -0.25) is 0 Å². The quantitative estimate of drug-likeness (QED) is 0.664. The molecule has 1 aliphatic heterocycles. The van der Waals surface area contributed by atoms with Crippen molar-refractivity contribution >= 4 is 10.0 Å². The van der Waals surface area contributed by atoms with Crippen molar-refractivity contribution in [1.82, 2.24) is 9.62 Å². The summed E-state index contributed by atoms with van der Waals surface area (Å²) in [5, 5.41) is 0. The third kappa shape index (κ3) is 4.92. The van der Waals surface area contributed by atoms with Gasteiger partial charge in [-0.1, -0.05) is 0 Å². The number of rotatable bonds is 5. The van der Waals surface area contributed by atoms with Crippen LogP contribution >= 0.6 is 0 Å². The van der Waals surface area contributed by atoms with Crippen LogP contribution in [0.3, 0.4) is 0 Å². The fraction of sp³-hybridized carbons (Fsp3) is 1.00. The molecule has 0 aromatic rings. The summed E-state index contributed by atoms with van der Waals surface area (Å²) < 4.78 is 24.9. The second-order valence-electron chi connectivity index (χ2n) is 4.00. The first-order valence-electron chi connectivity index (χ1n) is 5.49. The van der Waals surface area contributed by atoms with Crippen molar-refractivity contribution in [2.45, 2.75) is 25.8 Å². The van der Waals surface area contributed by atoms with Gasteiger partial charge in [0.15, 0.2) is 0 Å². The van der Waals surface area contributed by atoms with Crippen molar-refractivity contribution in [3.8, 4) is 0 Å². The molecule has 0 aromatic heterocycles. The lowest BCUT2D eigenvalue weighted by atomic mass is 10.1. The molecule has 0 unspecified atom stereocenters. The molecule has 0 bridgehead atoms. The maximum atomic E-state index is 11.2. The highest BCUT2D eigenvalue weighted by Gasteiger charge is 2.16. The zero-order chi connectivity index (χ0) is 11.3. The molecule has 0 aliphatic carbocycles. The van der Waals surface area contributed by atoms with Gasteiger partial charge in [0, 0.05) is 25.7 Å². The lowest BCUT2D eigenvalue weighted by Gasteiger charge is -2.30. The van der Waals surface area contributed by atoms with Crippen LogP contribution in [-0.4, -0.2) is 51.3 Å². The highest BCUT2D eigenvalue weighted by Crippen LogP contribution is 2.06. The summed E-state index contributed by atoms with van der Waals surface area (Å²) in [5.74, 6) is 0.145. The van der Waals surface area contributed by atoms with Gasteiger partial charge in [0.2, 0.25) is 10.0 Å². The highest BCUT2D eigenvalue weighted by molar-refractivity contribution is 7.89. The molecule has 3 N–H and O–H groups in total. The molecule has 0 saturated carbocycles. The van der Waals surface area contributed by atoms with Gasteiger partial charge in [0.25, 0.3) is 0 Å². The van der Waals surface area contributed by atoms with Gasteiger partial charge >= 0.3 is 0 Å². The summed E-state index contributed by atoms with van der Waals surface area (Å²) >= 11 is 0. The number of sulfonamides is 1. The van der Waals surface area contributed by atoms with E-state index < -0.39 is 10.0 Å².